The Kier molecular flexibility index (Phi) is 8.49. The molecule has 0 aliphatic rings. The third-order valence-corrected chi connectivity index (χ3v) is 4.79. The number of esters is 1. The normalized spacial score (nSPS) is 11.3. The first-order valence-corrected chi connectivity index (χ1v) is 10.5. The van der Waals surface area contributed by atoms with Crippen LogP contribution in [0.4, 0.5) is 17.6 Å². The number of aromatic nitrogens is 4. The van der Waals surface area contributed by atoms with Crippen molar-refractivity contribution >= 4 is 17.6 Å². The Morgan fingerprint density at radius 1 is 1.16 bits per heavy atom. The Balaban J connectivity index is 1.96. The number of rotatable bonds is 9. The Morgan fingerprint density at radius 3 is 2.57 bits per heavy atom. The van der Waals surface area contributed by atoms with Gasteiger partial charge in [-0.15, -0.1) is 0 Å². The van der Waals surface area contributed by atoms with E-state index in [1.54, 1.807) is 0 Å². The van der Waals surface area contributed by atoms with Gasteiger partial charge >= 0.3 is 17.8 Å². The average molecular weight is 549 g/mol. The highest BCUT2D eigenvalue weighted by Crippen LogP contribution is 2.34. The second kappa shape index (κ2) is 11.4. The lowest BCUT2D eigenvalue weighted by Gasteiger charge is -2.15. The van der Waals surface area contributed by atoms with Crippen LogP contribution in [0.2, 0.25) is 5.02 Å². The summed E-state index contributed by atoms with van der Waals surface area (Å²) in [5.41, 5.74) is -4.55. The van der Waals surface area contributed by atoms with Crippen LogP contribution < -0.4 is 20.7 Å². The first kappa shape index (κ1) is 27.6. The van der Waals surface area contributed by atoms with Crippen molar-refractivity contribution in [3.63, 3.8) is 0 Å². The number of methoxy groups -OCH3 is 1. The van der Waals surface area contributed by atoms with Crippen molar-refractivity contribution in [1.82, 2.24) is 19.1 Å². The second-order valence-electron chi connectivity index (χ2n) is 7.03. The van der Waals surface area contributed by atoms with Gasteiger partial charge in [0, 0.05) is 32.5 Å². The number of halogens is 5. The summed E-state index contributed by atoms with van der Waals surface area (Å²) < 4.78 is 74.6. The van der Waals surface area contributed by atoms with Crippen molar-refractivity contribution in [2.45, 2.75) is 6.18 Å². The lowest BCUT2D eigenvalue weighted by Crippen LogP contribution is -2.41. The fraction of sp³-hybridized carbons (Fsp3) is 0.286. The van der Waals surface area contributed by atoms with Crippen LogP contribution in [-0.4, -0.2) is 52.0 Å². The van der Waals surface area contributed by atoms with E-state index >= 15 is 0 Å². The first-order chi connectivity index (χ1) is 17.4. The van der Waals surface area contributed by atoms with Crippen molar-refractivity contribution in [3.8, 4) is 23.3 Å². The van der Waals surface area contributed by atoms with Crippen LogP contribution in [-0.2, 0) is 27.5 Å². The molecule has 0 aromatic carbocycles. The van der Waals surface area contributed by atoms with E-state index in [1.165, 1.54) is 25.4 Å². The molecule has 37 heavy (non-hydrogen) atoms. The standard InChI is InChI=1S/C21H17ClF4N4O7/c1-29-14(21(24,25)26)9-15(31)30(20(29)33)17-12(23)8-11(22)18(28-17)37-13-4-3-5-27-19(13)36-10-16(32)35-7-6-34-2/h3-5,8-9H,6-7,10H2,1-2H3. The van der Waals surface area contributed by atoms with Gasteiger partial charge in [-0.2, -0.15) is 18.2 Å². The zero-order valence-electron chi connectivity index (χ0n) is 19.0. The fourth-order valence-electron chi connectivity index (χ4n) is 2.84. The Labute approximate surface area is 209 Å². The van der Waals surface area contributed by atoms with Crippen LogP contribution >= 0.6 is 11.6 Å². The van der Waals surface area contributed by atoms with Crippen molar-refractivity contribution in [2.24, 2.45) is 7.05 Å². The molecule has 0 unspecified atom stereocenters. The largest absolute Gasteiger partial charge is 0.463 e. The third-order valence-electron chi connectivity index (χ3n) is 4.52. The molecule has 3 rings (SSSR count). The van der Waals surface area contributed by atoms with E-state index in [0.29, 0.717) is 6.07 Å². The maximum Gasteiger partial charge on any atom is 0.431 e. The molecule has 0 aliphatic carbocycles. The first-order valence-electron chi connectivity index (χ1n) is 10.1. The number of carbonyl (C=O) groups excluding carboxylic acids is 1. The van der Waals surface area contributed by atoms with Crippen molar-refractivity contribution in [1.29, 1.82) is 0 Å². The van der Waals surface area contributed by atoms with Crippen LogP contribution in [0.15, 0.2) is 40.1 Å². The Morgan fingerprint density at radius 2 is 1.89 bits per heavy atom. The number of nitrogens with zero attached hydrogens (tertiary/aromatic N) is 4. The molecule has 3 aromatic heterocycles. The predicted octanol–water partition coefficient (Wildman–Crippen LogP) is 2.50. The molecule has 198 valence electrons. The summed E-state index contributed by atoms with van der Waals surface area (Å²) in [6.45, 7) is -0.402. The minimum Gasteiger partial charge on any atom is -0.463 e. The van der Waals surface area contributed by atoms with Crippen LogP contribution in [0.25, 0.3) is 5.82 Å². The minimum atomic E-state index is -5.01. The quantitative estimate of drug-likeness (QED) is 0.225. The van der Waals surface area contributed by atoms with Gasteiger partial charge in [-0.1, -0.05) is 11.6 Å². The average Bonchev–Trinajstić information content (AvgIpc) is 2.83. The molecular formula is C21H17ClF4N4O7. The minimum absolute atomic E-state index is 0.00899. The van der Waals surface area contributed by atoms with Crippen LogP contribution in [0.3, 0.4) is 0 Å². The van der Waals surface area contributed by atoms with Gasteiger partial charge in [0.05, 0.1) is 6.61 Å². The maximum atomic E-state index is 14.7. The zero-order valence-corrected chi connectivity index (χ0v) is 19.8. The van der Waals surface area contributed by atoms with Gasteiger partial charge in [0.15, 0.2) is 24.0 Å². The second-order valence-corrected chi connectivity index (χ2v) is 7.44. The van der Waals surface area contributed by atoms with E-state index < -0.39 is 58.2 Å². The van der Waals surface area contributed by atoms with E-state index in [9.17, 15) is 31.9 Å². The number of hydrogen-bond donors (Lipinski definition) is 0. The van der Waals surface area contributed by atoms with Crippen molar-refractivity contribution < 1.29 is 41.3 Å². The molecule has 0 spiro atoms. The predicted molar refractivity (Wildman–Crippen MR) is 118 cm³/mol. The summed E-state index contributed by atoms with van der Waals surface area (Å²) in [6.07, 6.45) is -3.71. The highest BCUT2D eigenvalue weighted by molar-refractivity contribution is 6.31. The molecule has 3 heterocycles. The van der Waals surface area contributed by atoms with E-state index in [1.807, 2.05) is 0 Å². The van der Waals surface area contributed by atoms with Gasteiger partial charge in [0.1, 0.15) is 17.3 Å². The summed E-state index contributed by atoms with van der Waals surface area (Å²) in [5.74, 6) is -3.94. The number of alkyl halides is 3. The molecule has 0 radical (unpaired) electrons. The summed E-state index contributed by atoms with van der Waals surface area (Å²) in [4.78, 5) is 44.3. The molecule has 3 aromatic rings. The number of hydrogen-bond acceptors (Lipinski definition) is 9. The van der Waals surface area contributed by atoms with E-state index in [2.05, 4.69) is 9.97 Å². The van der Waals surface area contributed by atoms with Gasteiger partial charge in [-0.3, -0.25) is 9.36 Å². The number of ether oxygens (including phenoxy) is 4. The van der Waals surface area contributed by atoms with E-state index in [0.717, 1.165) is 7.05 Å². The van der Waals surface area contributed by atoms with E-state index in [4.69, 9.17) is 30.5 Å². The molecule has 0 N–H and O–H groups in total. The lowest BCUT2D eigenvalue weighted by atomic mass is 10.3. The van der Waals surface area contributed by atoms with Gasteiger partial charge in [0.2, 0.25) is 5.88 Å². The fourth-order valence-corrected chi connectivity index (χ4v) is 3.01. The summed E-state index contributed by atoms with van der Waals surface area (Å²) in [7, 11) is 2.18. The van der Waals surface area contributed by atoms with Crippen LogP contribution in [0.1, 0.15) is 5.69 Å². The Bertz CT molecular complexity index is 1430. The number of carbonyl (C=O) groups is 1. The van der Waals surface area contributed by atoms with Gasteiger partial charge in [0.25, 0.3) is 11.4 Å². The molecular weight excluding hydrogens is 532 g/mol. The number of pyridine rings is 2. The lowest BCUT2D eigenvalue weighted by molar-refractivity contribution is -0.147. The van der Waals surface area contributed by atoms with Gasteiger partial charge in [-0.25, -0.2) is 23.5 Å². The maximum absolute atomic E-state index is 14.7. The summed E-state index contributed by atoms with van der Waals surface area (Å²) in [6, 6.07) is 3.50. The summed E-state index contributed by atoms with van der Waals surface area (Å²) >= 11 is 5.99. The van der Waals surface area contributed by atoms with Gasteiger partial charge in [-0.05, 0) is 12.1 Å². The van der Waals surface area contributed by atoms with Crippen molar-refractivity contribution in [3.05, 3.63) is 67.8 Å². The SMILES string of the molecule is COCCOC(=O)COc1ncccc1Oc1nc(-n2c(=O)cc(C(F)(F)F)n(C)c2=O)c(F)cc1Cl. The summed E-state index contributed by atoms with van der Waals surface area (Å²) in [5, 5.41) is -0.424. The molecule has 0 fully saturated rings. The molecule has 0 aliphatic heterocycles. The van der Waals surface area contributed by atoms with Crippen LogP contribution in [0, 0.1) is 5.82 Å². The molecule has 0 bridgehead atoms. The highest BCUT2D eigenvalue weighted by atomic mass is 35.5. The van der Waals surface area contributed by atoms with E-state index in [-0.39, 0.29) is 40.0 Å². The molecule has 0 saturated heterocycles. The third kappa shape index (κ3) is 6.42. The smallest absolute Gasteiger partial charge is 0.431 e. The molecule has 0 atom stereocenters. The topological polar surface area (TPSA) is 124 Å². The molecule has 16 heteroatoms. The van der Waals surface area contributed by atoms with Crippen LogP contribution in [0.5, 0.6) is 17.5 Å². The highest BCUT2D eigenvalue weighted by Gasteiger charge is 2.35. The van der Waals surface area contributed by atoms with Gasteiger partial charge < -0.3 is 18.9 Å². The molecule has 11 nitrogen and oxygen atoms in total. The molecule has 0 saturated carbocycles. The van der Waals surface area contributed by atoms with Crippen molar-refractivity contribution in [2.75, 3.05) is 26.9 Å². The Hall–Kier alpha value is -3.98. The zero-order chi connectivity index (χ0) is 27.3. The monoisotopic (exact) mass is 548 g/mol. The molecule has 0 amide bonds.